The van der Waals surface area contributed by atoms with E-state index >= 15 is 0 Å². The van der Waals surface area contributed by atoms with Crippen molar-refractivity contribution in [1.29, 1.82) is 0 Å². The van der Waals surface area contributed by atoms with Crippen LogP contribution in [-0.4, -0.2) is 22.3 Å². The van der Waals surface area contributed by atoms with Crippen LogP contribution >= 0.6 is 0 Å². The lowest BCUT2D eigenvalue weighted by Crippen LogP contribution is -2.09. The average molecular weight is 327 g/mol. The minimum atomic E-state index is -0.663. The van der Waals surface area contributed by atoms with E-state index in [1.54, 1.807) is 12.1 Å². The summed E-state index contributed by atoms with van der Waals surface area (Å²) in [7, 11) is 1.48. The zero-order valence-corrected chi connectivity index (χ0v) is 12.6. The van der Waals surface area contributed by atoms with E-state index in [4.69, 9.17) is 9.47 Å². The lowest BCUT2D eigenvalue weighted by molar-refractivity contribution is 0.284. The van der Waals surface area contributed by atoms with Crippen LogP contribution < -0.4 is 9.47 Å². The van der Waals surface area contributed by atoms with Crippen molar-refractivity contribution < 1.29 is 18.3 Å². The molecule has 0 spiro atoms. The summed E-state index contributed by atoms with van der Waals surface area (Å²) in [5.41, 5.74) is 2.77. The standard InChI is InChI=1S/C17H11F2N3O2/c1-23-15-6-10(7-20-22-15)9-4-11-8-24-17-12(2-3-14(19)21-17)16(11)13(18)5-9/h2-7H,8H2,1H3. The van der Waals surface area contributed by atoms with E-state index in [-0.39, 0.29) is 12.5 Å². The predicted octanol–water partition coefficient (Wildman–Crippen LogP) is 3.38. The summed E-state index contributed by atoms with van der Waals surface area (Å²) in [6.45, 7) is 0.110. The summed E-state index contributed by atoms with van der Waals surface area (Å²) in [5, 5.41) is 7.64. The van der Waals surface area contributed by atoms with Crippen LogP contribution in [0.4, 0.5) is 8.78 Å². The molecule has 7 heteroatoms. The molecule has 0 amide bonds. The summed E-state index contributed by atoms with van der Waals surface area (Å²) in [6.07, 6.45) is 1.53. The normalized spacial score (nSPS) is 12.1. The molecule has 24 heavy (non-hydrogen) atoms. The molecule has 0 saturated heterocycles. The molecule has 1 aromatic carbocycles. The monoisotopic (exact) mass is 327 g/mol. The fourth-order valence-corrected chi connectivity index (χ4v) is 2.71. The van der Waals surface area contributed by atoms with Gasteiger partial charge >= 0.3 is 0 Å². The van der Waals surface area contributed by atoms with E-state index in [0.29, 0.717) is 33.7 Å². The Labute approximate surface area is 135 Å². The topological polar surface area (TPSA) is 57.1 Å². The number of methoxy groups -OCH3 is 1. The first kappa shape index (κ1) is 14.5. The Morgan fingerprint density at radius 2 is 2.00 bits per heavy atom. The third-order valence-corrected chi connectivity index (χ3v) is 3.81. The maximum atomic E-state index is 14.7. The van der Waals surface area contributed by atoms with Crippen LogP contribution in [0.25, 0.3) is 22.3 Å². The van der Waals surface area contributed by atoms with Crippen molar-refractivity contribution in [2.45, 2.75) is 6.61 Å². The fourth-order valence-electron chi connectivity index (χ4n) is 2.71. The van der Waals surface area contributed by atoms with E-state index in [2.05, 4.69) is 15.2 Å². The van der Waals surface area contributed by atoms with E-state index in [0.717, 1.165) is 0 Å². The van der Waals surface area contributed by atoms with Crippen molar-refractivity contribution in [2.75, 3.05) is 7.11 Å². The molecule has 5 nitrogen and oxygen atoms in total. The molecule has 0 N–H and O–H groups in total. The summed E-state index contributed by atoms with van der Waals surface area (Å²) in [6, 6.07) is 7.52. The number of benzene rings is 1. The van der Waals surface area contributed by atoms with Gasteiger partial charge in [-0.25, -0.2) is 4.39 Å². The molecule has 0 radical (unpaired) electrons. The Morgan fingerprint density at radius 1 is 1.12 bits per heavy atom. The second-order valence-corrected chi connectivity index (χ2v) is 5.25. The van der Waals surface area contributed by atoms with Crippen molar-refractivity contribution in [2.24, 2.45) is 0 Å². The third kappa shape index (κ3) is 2.34. The van der Waals surface area contributed by atoms with Gasteiger partial charge in [-0.3, -0.25) is 0 Å². The van der Waals surface area contributed by atoms with Gasteiger partial charge in [-0.15, -0.1) is 5.10 Å². The number of pyridine rings is 1. The number of halogens is 2. The van der Waals surface area contributed by atoms with Crippen molar-refractivity contribution >= 4 is 0 Å². The van der Waals surface area contributed by atoms with Gasteiger partial charge in [-0.1, -0.05) is 0 Å². The van der Waals surface area contributed by atoms with Crippen LogP contribution in [0.15, 0.2) is 36.5 Å². The van der Waals surface area contributed by atoms with Crippen molar-refractivity contribution in [1.82, 2.24) is 15.2 Å². The molecule has 3 heterocycles. The SMILES string of the molecule is COc1cc(-c2cc(F)c3c(c2)COc2nc(F)ccc2-3)cnn1. The fraction of sp³-hybridized carbons (Fsp3) is 0.118. The number of nitrogens with zero attached hydrogens (tertiary/aromatic N) is 3. The number of rotatable bonds is 2. The van der Waals surface area contributed by atoms with Gasteiger partial charge in [0.15, 0.2) is 0 Å². The highest BCUT2D eigenvalue weighted by Crippen LogP contribution is 2.40. The zero-order chi connectivity index (χ0) is 16.7. The maximum absolute atomic E-state index is 14.7. The van der Waals surface area contributed by atoms with Crippen molar-refractivity contribution in [3.8, 4) is 34.0 Å². The minimum absolute atomic E-state index is 0.0985. The highest BCUT2D eigenvalue weighted by atomic mass is 19.1. The highest BCUT2D eigenvalue weighted by molar-refractivity contribution is 5.78. The summed E-state index contributed by atoms with van der Waals surface area (Å²) < 4.78 is 38.4. The molecule has 1 aliphatic heterocycles. The first-order valence-corrected chi connectivity index (χ1v) is 7.15. The van der Waals surface area contributed by atoms with Gasteiger partial charge < -0.3 is 9.47 Å². The van der Waals surface area contributed by atoms with Gasteiger partial charge in [0.2, 0.25) is 17.7 Å². The highest BCUT2D eigenvalue weighted by Gasteiger charge is 2.23. The van der Waals surface area contributed by atoms with Crippen LogP contribution in [0.1, 0.15) is 5.56 Å². The third-order valence-electron chi connectivity index (χ3n) is 3.81. The first-order chi connectivity index (χ1) is 11.7. The van der Waals surface area contributed by atoms with Crippen molar-refractivity contribution in [3.63, 3.8) is 0 Å². The predicted molar refractivity (Wildman–Crippen MR) is 81.5 cm³/mol. The number of ether oxygens (including phenoxy) is 2. The Bertz CT molecular complexity index is 947. The van der Waals surface area contributed by atoms with Gasteiger partial charge in [0, 0.05) is 28.3 Å². The minimum Gasteiger partial charge on any atom is -0.480 e. The lowest BCUT2D eigenvalue weighted by atomic mass is 9.94. The molecule has 0 bridgehead atoms. The van der Waals surface area contributed by atoms with Crippen LogP contribution in [0, 0.1) is 11.8 Å². The lowest BCUT2D eigenvalue weighted by Gasteiger charge is -2.21. The summed E-state index contributed by atoms with van der Waals surface area (Å²) in [4.78, 5) is 3.67. The van der Waals surface area contributed by atoms with Crippen LogP contribution in [0.2, 0.25) is 0 Å². The Hall–Kier alpha value is -3.09. The van der Waals surface area contributed by atoms with Crippen LogP contribution in [-0.2, 0) is 6.61 Å². The van der Waals surface area contributed by atoms with Gasteiger partial charge in [-0.2, -0.15) is 14.5 Å². The Balaban J connectivity index is 1.86. The largest absolute Gasteiger partial charge is 0.480 e. The maximum Gasteiger partial charge on any atom is 0.233 e. The Kier molecular flexibility index (Phi) is 3.34. The van der Waals surface area contributed by atoms with E-state index in [9.17, 15) is 8.78 Å². The molecule has 0 fully saturated rings. The second-order valence-electron chi connectivity index (χ2n) is 5.25. The quantitative estimate of drug-likeness (QED) is 0.675. The second kappa shape index (κ2) is 5.52. The van der Waals surface area contributed by atoms with Crippen molar-refractivity contribution in [3.05, 3.63) is 53.9 Å². The molecular formula is C17H11F2N3O2. The van der Waals surface area contributed by atoms with Gasteiger partial charge in [0.25, 0.3) is 0 Å². The van der Waals surface area contributed by atoms with Crippen LogP contribution in [0.5, 0.6) is 11.8 Å². The smallest absolute Gasteiger partial charge is 0.233 e. The molecule has 120 valence electrons. The van der Waals surface area contributed by atoms with Gasteiger partial charge in [-0.05, 0) is 29.8 Å². The molecule has 2 aromatic heterocycles. The summed E-state index contributed by atoms with van der Waals surface area (Å²) in [5.74, 6) is -0.659. The van der Waals surface area contributed by atoms with Gasteiger partial charge in [0.1, 0.15) is 12.4 Å². The molecule has 0 atom stereocenters. The zero-order valence-electron chi connectivity index (χ0n) is 12.6. The van der Waals surface area contributed by atoms with E-state index in [1.807, 2.05) is 0 Å². The number of fused-ring (bicyclic) bond motifs is 3. The Morgan fingerprint density at radius 3 is 2.83 bits per heavy atom. The first-order valence-electron chi connectivity index (χ1n) is 7.15. The van der Waals surface area contributed by atoms with E-state index < -0.39 is 11.8 Å². The van der Waals surface area contributed by atoms with Gasteiger partial charge in [0.05, 0.1) is 13.3 Å². The average Bonchev–Trinajstić information content (AvgIpc) is 2.61. The number of hydrogen-bond acceptors (Lipinski definition) is 5. The molecule has 3 aromatic rings. The summed E-state index contributed by atoms with van der Waals surface area (Å²) >= 11 is 0. The molecule has 0 aliphatic carbocycles. The molecule has 0 saturated carbocycles. The molecule has 4 rings (SSSR count). The molecular weight excluding hydrogens is 316 g/mol. The number of hydrogen-bond donors (Lipinski definition) is 0. The molecule has 0 unspecified atom stereocenters. The molecule has 1 aliphatic rings. The number of aromatic nitrogens is 3. The van der Waals surface area contributed by atoms with E-state index in [1.165, 1.54) is 31.5 Å². The van der Waals surface area contributed by atoms with Crippen LogP contribution in [0.3, 0.4) is 0 Å².